The smallest absolute Gasteiger partial charge is 0.263 e. The molecule has 2 N–H and O–H groups in total. The van der Waals surface area contributed by atoms with Crippen LogP contribution in [0.3, 0.4) is 0 Å². The number of aromatic nitrogens is 2. The molecule has 0 unspecified atom stereocenters. The third kappa shape index (κ3) is 5.18. The molecule has 1 aliphatic heterocycles. The van der Waals surface area contributed by atoms with Gasteiger partial charge in [0.15, 0.2) is 0 Å². The van der Waals surface area contributed by atoms with Crippen molar-refractivity contribution in [2.45, 2.75) is 38.3 Å². The fraction of sp³-hybridized carbons (Fsp3) is 0.400. The molecule has 0 spiro atoms. The third-order valence-corrected chi connectivity index (χ3v) is 7.32. The summed E-state index contributed by atoms with van der Waals surface area (Å²) in [6, 6.07) is 5.44. The Balaban J connectivity index is 1.44. The largest absolute Gasteiger partial charge is 0.386 e. The predicted molar refractivity (Wildman–Crippen MR) is 135 cm³/mol. The SMILES string of the molecule is CN(C(=O)c1cc(C(C)(C)O)cs1)C1CCN(c2cnc3cc(Cl)c(C#CCO)cc3n2)CC1. The van der Waals surface area contributed by atoms with E-state index in [0.29, 0.717) is 26.5 Å². The Kier molecular flexibility index (Phi) is 7.10. The summed E-state index contributed by atoms with van der Waals surface area (Å²) in [5.74, 6) is 6.21. The number of anilines is 1. The van der Waals surface area contributed by atoms with Crippen LogP contribution in [0.5, 0.6) is 0 Å². The summed E-state index contributed by atoms with van der Waals surface area (Å²) >= 11 is 7.63. The number of halogens is 1. The minimum absolute atomic E-state index is 0.0159. The van der Waals surface area contributed by atoms with Gasteiger partial charge >= 0.3 is 0 Å². The van der Waals surface area contributed by atoms with Gasteiger partial charge in [-0.2, -0.15) is 0 Å². The van der Waals surface area contributed by atoms with Crippen LogP contribution in [-0.4, -0.2) is 63.8 Å². The number of hydrogen-bond donors (Lipinski definition) is 2. The number of carbonyl (C=O) groups is 1. The van der Waals surface area contributed by atoms with Crippen molar-refractivity contribution in [3.63, 3.8) is 0 Å². The molecule has 4 rings (SSSR count). The highest BCUT2D eigenvalue weighted by atomic mass is 35.5. The average molecular weight is 499 g/mol. The van der Waals surface area contributed by atoms with E-state index in [-0.39, 0.29) is 18.6 Å². The second-order valence-electron chi connectivity index (χ2n) is 8.90. The van der Waals surface area contributed by atoms with Crippen molar-refractivity contribution < 1.29 is 15.0 Å². The van der Waals surface area contributed by atoms with Crippen LogP contribution in [0.4, 0.5) is 5.82 Å². The second kappa shape index (κ2) is 9.88. The van der Waals surface area contributed by atoms with E-state index in [0.717, 1.165) is 37.3 Å². The van der Waals surface area contributed by atoms with Crippen LogP contribution in [0.2, 0.25) is 5.02 Å². The van der Waals surface area contributed by atoms with Crippen LogP contribution < -0.4 is 4.90 Å². The van der Waals surface area contributed by atoms with Gasteiger partial charge in [-0.25, -0.2) is 4.98 Å². The molecule has 0 atom stereocenters. The Morgan fingerprint density at radius 1 is 1.29 bits per heavy atom. The average Bonchev–Trinajstić information content (AvgIpc) is 3.33. The number of benzene rings is 1. The van der Waals surface area contributed by atoms with Gasteiger partial charge in [-0.05, 0) is 55.8 Å². The summed E-state index contributed by atoms with van der Waals surface area (Å²) < 4.78 is 0. The van der Waals surface area contributed by atoms with Crippen molar-refractivity contribution in [2.24, 2.45) is 0 Å². The highest BCUT2D eigenvalue weighted by Crippen LogP contribution is 2.28. The van der Waals surface area contributed by atoms with Gasteiger partial charge in [-0.3, -0.25) is 9.78 Å². The van der Waals surface area contributed by atoms with Gasteiger partial charge in [0.2, 0.25) is 0 Å². The number of nitrogens with zero attached hydrogens (tertiary/aromatic N) is 4. The first-order valence-corrected chi connectivity index (χ1v) is 12.3. The van der Waals surface area contributed by atoms with E-state index < -0.39 is 5.60 Å². The van der Waals surface area contributed by atoms with E-state index in [4.69, 9.17) is 21.7 Å². The standard InChI is InChI=1S/C25H27ClN4O3S/c1-25(2,33)17-12-22(34-15-17)24(32)29(3)18-6-8-30(9-7-18)23-14-27-20-13-19(26)16(5-4-10-31)11-21(20)28-23/h11-15,18,31,33H,6-10H2,1-3H3. The second-order valence-corrected chi connectivity index (χ2v) is 10.2. The Hall–Kier alpha value is -2.70. The molecule has 1 fully saturated rings. The van der Waals surface area contributed by atoms with Gasteiger partial charge in [-0.1, -0.05) is 23.4 Å². The molecule has 9 heteroatoms. The van der Waals surface area contributed by atoms with E-state index in [1.54, 1.807) is 38.2 Å². The van der Waals surface area contributed by atoms with E-state index in [2.05, 4.69) is 21.7 Å². The monoisotopic (exact) mass is 498 g/mol. The van der Waals surface area contributed by atoms with Crippen LogP contribution in [0.25, 0.3) is 11.0 Å². The van der Waals surface area contributed by atoms with E-state index in [1.165, 1.54) is 11.3 Å². The lowest BCUT2D eigenvalue weighted by Crippen LogP contribution is -2.45. The zero-order valence-corrected chi connectivity index (χ0v) is 20.9. The maximum atomic E-state index is 13.0. The maximum Gasteiger partial charge on any atom is 0.263 e. The number of piperidine rings is 1. The van der Waals surface area contributed by atoms with Crippen molar-refractivity contribution in [2.75, 3.05) is 31.6 Å². The van der Waals surface area contributed by atoms with Crippen LogP contribution >= 0.6 is 22.9 Å². The maximum absolute atomic E-state index is 13.0. The quantitative estimate of drug-likeness (QED) is 0.534. The number of rotatable bonds is 4. The summed E-state index contributed by atoms with van der Waals surface area (Å²) in [5.41, 5.74) is 1.78. The van der Waals surface area contributed by atoms with Gasteiger partial charge in [0.25, 0.3) is 5.91 Å². The van der Waals surface area contributed by atoms with Crippen molar-refractivity contribution in [3.8, 4) is 11.8 Å². The van der Waals surface area contributed by atoms with Crippen LogP contribution in [0.15, 0.2) is 29.8 Å². The van der Waals surface area contributed by atoms with Crippen molar-refractivity contribution in [1.29, 1.82) is 0 Å². The van der Waals surface area contributed by atoms with Crippen molar-refractivity contribution in [3.05, 3.63) is 50.8 Å². The molecule has 7 nitrogen and oxygen atoms in total. The first-order valence-electron chi connectivity index (χ1n) is 11.1. The lowest BCUT2D eigenvalue weighted by atomic mass is 10.0. The molecule has 0 aliphatic carbocycles. The van der Waals surface area contributed by atoms with E-state index >= 15 is 0 Å². The van der Waals surface area contributed by atoms with Gasteiger partial charge in [0.05, 0.1) is 32.7 Å². The van der Waals surface area contributed by atoms with E-state index in [1.807, 2.05) is 17.3 Å². The molecule has 178 valence electrons. The summed E-state index contributed by atoms with van der Waals surface area (Å²) in [5, 5.41) is 21.5. The summed E-state index contributed by atoms with van der Waals surface area (Å²) in [6.07, 6.45) is 3.38. The number of carbonyl (C=O) groups excluding carboxylic acids is 1. The normalized spacial score (nSPS) is 14.7. The molecule has 3 heterocycles. The zero-order chi connectivity index (χ0) is 24.5. The Labute approximate surface area is 208 Å². The van der Waals surface area contributed by atoms with Crippen molar-refractivity contribution >= 4 is 45.7 Å². The Morgan fingerprint density at radius 3 is 2.68 bits per heavy atom. The van der Waals surface area contributed by atoms with Crippen molar-refractivity contribution in [1.82, 2.24) is 14.9 Å². The molecule has 3 aromatic rings. The third-order valence-electron chi connectivity index (χ3n) is 6.09. The summed E-state index contributed by atoms with van der Waals surface area (Å²) in [6.45, 7) is 4.71. The lowest BCUT2D eigenvalue weighted by Gasteiger charge is -2.37. The highest BCUT2D eigenvalue weighted by molar-refractivity contribution is 7.12. The molecule has 0 radical (unpaired) electrons. The molecular weight excluding hydrogens is 472 g/mol. The highest BCUT2D eigenvalue weighted by Gasteiger charge is 2.28. The Morgan fingerprint density at radius 2 is 2.03 bits per heavy atom. The van der Waals surface area contributed by atoms with Gasteiger partial charge in [0, 0.05) is 31.7 Å². The fourth-order valence-electron chi connectivity index (χ4n) is 4.00. The van der Waals surface area contributed by atoms with Gasteiger partial charge in [0.1, 0.15) is 12.4 Å². The molecular formula is C25H27ClN4O3S. The molecule has 0 bridgehead atoms. The molecule has 2 aromatic heterocycles. The lowest BCUT2D eigenvalue weighted by molar-refractivity contribution is 0.0711. The molecule has 1 amide bonds. The van der Waals surface area contributed by atoms with Crippen LogP contribution in [0.1, 0.15) is 47.5 Å². The predicted octanol–water partition coefficient (Wildman–Crippen LogP) is 3.66. The molecule has 1 saturated heterocycles. The van der Waals surface area contributed by atoms with Gasteiger partial charge < -0.3 is 20.0 Å². The minimum atomic E-state index is -0.961. The number of amides is 1. The summed E-state index contributed by atoms with van der Waals surface area (Å²) in [4.78, 5) is 26.9. The fourth-order valence-corrected chi connectivity index (χ4v) is 5.25. The molecule has 1 aromatic carbocycles. The number of aliphatic hydroxyl groups excluding tert-OH is 1. The Bertz CT molecular complexity index is 1270. The molecule has 34 heavy (non-hydrogen) atoms. The zero-order valence-electron chi connectivity index (χ0n) is 19.4. The van der Waals surface area contributed by atoms with Gasteiger partial charge in [-0.15, -0.1) is 11.3 Å². The molecule has 0 saturated carbocycles. The van der Waals surface area contributed by atoms with E-state index in [9.17, 15) is 9.90 Å². The molecule has 1 aliphatic rings. The summed E-state index contributed by atoms with van der Waals surface area (Å²) in [7, 11) is 1.85. The van der Waals surface area contributed by atoms with Crippen LogP contribution in [0, 0.1) is 11.8 Å². The minimum Gasteiger partial charge on any atom is -0.386 e. The number of aliphatic hydroxyl groups is 2. The first-order chi connectivity index (χ1) is 16.2. The topological polar surface area (TPSA) is 89.8 Å². The van der Waals surface area contributed by atoms with Crippen LogP contribution in [-0.2, 0) is 5.60 Å². The number of thiophene rings is 1. The number of hydrogen-bond acceptors (Lipinski definition) is 7. The number of fused-ring (bicyclic) bond motifs is 1. The first kappa shape index (κ1) is 24.4.